The van der Waals surface area contributed by atoms with Gasteiger partial charge in [-0.25, -0.2) is 0 Å². The van der Waals surface area contributed by atoms with Crippen molar-refractivity contribution in [1.82, 2.24) is 0 Å². The van der Waals surface area contributed by atoms with Crippen LogP contribution in [-0.2, 0) is 0 Å². The summed E-state index contributed by atoms with van der Waals surface area (Å²) in [6.07, 6.45) is 0.172. The van der Waals surface area contributed by atoms with E-state index < -0.39 is 0 Å². The lowest BCUT2D eigenvalue weighted by atomic mass is 10.2. The number of fused-ring (bicyclic) bond motifs is 2. The van der Waals surface area contributed by atoms with E-state index in [1.165, 1.54) is 0 Å². The lowest BCUT2D eigenvalue weighted by Gasteiger charge is -2.23. The van der Waals surface area contributed by atoms with Gasteiger partial charge in [0.15, 0.2) is 23.0 Å². The lowest BCUT2D eigenvalue weighted by Crippen LogP contribution is -2.25. The van der Waals surface area contributed by atoms with Crippen LogP contribution in [0.4, 0.5) is 0 Å². The van der Waals surface area contributed by atoms with Crippen molar-refractivity contribution in [1.29, 1.82) is 0 Å². The molecule has 0 fully saturated rings. The molecule has 2 aromatic rings. The second-order valence-corrected chi connectivity index (χ2v) is 6.75. The molecule has 4 nitrogen and oxygen atoms in total. The third-order valence-electron chi connectivity index (χ3n) is 3.22. The molecule has 0 N–H and O–H groups in total. The largest absolute Gasteiger partial charge is 0.485 e. The van der Waals surface area contributed by atoms with Gasteiger partial charge < -0.3 is 18.9 Å². The van der Waals surface area contributed by atoms with Crippen LogP contribution in [0.25, 0.3) is 9.75 Å². The number of hydrogen-bond donors (Lipinski definition) is 0. The highest BCUT2D eigenvalue weighted by Crippen LogP contribution is 2.54. The summed E-state index contributed by atoms with van der Waals surface area (Å²) in [6, 6.07) is 0. The van der Waals surface area contributed by atoms with Crippen LogP contribution in [0.3, 0.4) is 0 Å². The molecule has 2 aromatic heterocycles. The Morgan fingerprint density at radius 2 is 1.50 bits per heavy atom. The lowest BCUT2D eigenvalue weighted by molar-refractivity contribution is 0.104. The predicted octanol–water partition coefficient (Wildman–Crippen LogP) is 3.80. The summed E-state index contributed by atoms with van der Waals surface area (Å²) in [5.41, 5.74) is 0. The molecule has 2 unspecified atom stereocenters. The molecular formula is C14H14O4S2. The van der Waals surface area contributed by atoms with E-state index in [0.717, 1.165) is 32.8 Å². The van der Waals surface area contributed by atoms with Gasteiger partial charge in [-0.3, -0.25) is 0 Å². The van der Waals surface area contributed by atoms with Crippen molar-refractivity contribution in [2.24, 2.45) is 0 Å². The number of ether oxygens (including phenoxy) is 4. The fraction of sp³-hybridized carbons (Fsp3) is 0.429. The zero-order valence-corrected chi connectivity index (χ0v) is 12.8. The minimum atomic E-state index is 0.0730. The van der Waals surface area contributed by atoms with Gasteiger partial charge >= 0.3 is 0 Å². The van der Waals surface area contributed by atoms with Crippen LogP contribution in [-0.4, -0.2) is 25.4 Å². The Hall–Kier alpha value is -1.40. The average molecular weight is 310 g/mol. The van der Waals surface area contributed by atoms with E-state index in [2.05, 4.69) is 0 Å². The minimum absolute atomic E-state index is 0.0730. The first-order valence-electron chi connectivity index (χ1n) is 6.54. The van der Waals surface area contributed by atoms with Crippen molar-refractivity contribution < 1.29 is 18.9 Å². The van der Waals surface area contributed by atoms with Gasteiger partial charge in [-0.2, -0.15) is 0 Å². The smallest absolute Gasteiger partial charge is 0.181 e. The molecule has 4 heterocycles. The molecule has 0 radical (unpaired) electrons. The third kappa shape index (κ3) is 1.86. The first-order valence-corrected chi connectivity index (χ1v) is 8.30. The summed E-state index contributed by atoms with van der Waals surface area (Å²) in [4.78, 5) is 2.13. The first kappa shape index (κ1) is 12.3. The van der Waals surface area contributed by atoms with Gasteiger partial charge in [0.2, 0.25) is 0 Å². The van der Waals surface area contributed by atoms with Crippen molar-refractivity contribution in [3.05, 3.63) is 10.8 Å². The topological polar surface area (TPSA) is 36.9 Å². The van der Waals surface area contributed by atoms with E-state index in [4.69, 9.17) is 18.9 Å². The van der Waals surface area contributed by atoms with Gasteiger partial charge in [0.1, 0.15) is 25.4 Å². The zero-order valence-electron chi connectivity index (χ0n) is 11.2. The molecule has 0 amide bonds. The molecule has 0 spiro atoms. The van der Waals surface area contributed by atoms with Gasteiger partial charge in [-0.05, 0) is 13.8 Å². The van der Waals surface area contributed by atoms with Crippen LogP contribution in [0.2, 0.25) is 0 Å². The first-order chi connectivity index (χ1) is 9.72. The normalized spacial score (nSPS) is 23.7. The summed E-state index contributed by atoms with van der Waals surface area (Å²) < 4.78 is 23.3. The minimum Gasteiger partial charge on any atom is -0.485 e. The Morgan fingerprint density at radius 3 is 2.35 bits per heavy atom. The highest BCUT2D eigenvalue weighted by molar-refractivity contribution is 7.21. The maximum Gasteiger partial charge on any atom is 0.181 e. The molecule has 0 saturated heterocycles. The number of thiophene rings is 2. The molecule has 0 bridgehead atoms. The van der Waals surface area contributed by atoms with Gasteiger partial charge in [0.05, 0.1) is 9.75 Å². The van der Waals surface area contributed by atoms with Crippen molar-refractivity contribution in [3.8, 4) is 32.8 Å². The quantitative estimate of drug-likeness (QED) is 0.803. The summed E-state index contributed by atoms with van der Waals surface area (Å²) in [7, 11) is 0. The Balaban J connectivity index is 1.78. The van der Waals surface area contributed by atoms with Crippen LogP contribution in [0.5, 0.6) is 23.0 Å². The Bertz CT molecular complexity index is 646. The monoisotopic (exact) mass is 310 g/mol. The van der Waals surface area contributed by atoms with Crippen LogP contribution in [0.15, 0.2) is 10.8 Å². The molecular weight excluding hydrogens is 296 g/mol. The number of rotatable bonds is 1. The summed E-state index contributed by atoms with van der Waals surface area (Å²) in [5, 5.41) is 3.99. The molecule has 106 valence electrons. The van der Waals surface area contributed by atoms with Crippen molar-refractivity contribution in [3.63, 3.8) is 0 Å². The molecule has 4 rings (SSSR count). The molecule has 2 aliphatic rings. The van der Waals surface area contributed by atoms with Crippen molar-refractivity contribution in [2.45, 2.75) is 26.1 Å². The van der Waals surface area contributed by atoms with E-state index in [1.807, 2.05) is 24.6 Å². The highest BCUT2D eigenvalue weighted by Gasteiger charge is 2.29. The van der Waals surface area contributed by atoms with Gasteiger partial charge in [-0.1, -0.05) is 0 Å². The second kappa shape index (κ2) is 4.56. The molecule has 2 aliphatic heterocycles. The fourth-order valence-electron chi connectivity index (χ4n) is 2.30. The molecule has 20 heavy (non-hydrogen) atoms. The van der Waals surface area contributed by atoms with E-state index in [0.29, 0.717) is 13.2 Å². The highest BCUT2D eigenvalue weighted by atomic mass is 32.1. The predicted molar refractivity (Wildman–Crippen MR) is 78.8 cm³/mol. The maximum atomic E-state index is 5.93. The van der Waals surface area contributed by atoms with Crippen LogP contribution in [0, 0.1) is 0 Å². The van der Waals surface area contributed by atoms with E-state index in [9.17, 15) is 0 Å². The summed E-state index contributed by atoms with van der Waals surface area (Å²) in [5.74, 6) is 3.33. The zero-order chi connectivity index (χ0) is 13.7. The SMILES string of the molecule is CC1COc2c(csc2-c2scc3c2OC(C)CO3)O1. The van der Waals surface area contributed by atoms with E-state index >= 15 is 0 Å². The van der Waals surface area contributed by atoms with Crippen molar-refractivity contribution >= 4 is 22.7 Å². The van der Waals surface area contributed by atoms with Crippen LogP contribution < -0.4 is 18.9 Å². The van der Waals surface area contributed by atoms with E-state index in [-0.39, 0.29) is 12.2 Å². The average Bonchev–Trinajstić information content (AvgIpc) is 3.01. The Labute approximate surface area is 124 Å². The summed E-state index contributed by atoms with van der Waals surface area (Å²) in [6.45, 7) is 5.20. The van der Waals surface area contributed by atoms with Gasteiger partial charge in [-0.15, -0.1) is 22.7 Å². The standard InChI is InChI=1S/C14H14O4S2/c1-7-4-16-11-10(17-7)6-20-13(11)14-12-9(5-19-14)15-3-8(2)18-12/h5-8H,3-4H2,1-2H3. The second-order valence-electron chi connectivity index (χ2n) is 5.00. The van der Waals surface area contributed by atoms with Gasteiger partial charge in [0, 0.05) is 10.8 Å². The molecule has 0 aliphatic carbocycles. The Morgan fingerprint density at radius 1 is 0.850 bits per heavy atom. The number of hydrogen-bond acceptors (Lipinski definition) is 6. The maximum absolute atomic E-state index is 5.93. The molecule has 2 atom stereocenters. The molecule has 0 saturated carbocycles. The van der Waals surface area contributed by atoms with Crippen LogP contribution >= 0.6 is 22.7 Å². The van der Waals surface area contributed by atoms with Crippen molar-refractivity contribution in [2.75, 3.05) is 13.2 Å². The third-order valence-corrected chi connectivity index (χ3v) is 5.26. The van der Waals surface area contributed by atoms with Gasteiger partial charge in [0.25, 0.3) is 0 Å². The summed E-state index contributed by atoms with van der Waals surface area (Å²) >= 11 is 3.25. The molecule has 0 aromatic carbocycles. The molecule has 6 heteroatoms. The Kier molecular flexibility index (Phi) is 2.82. The fourth-order valence-corrected chi connectivity index (χ4v) is 4.30. The van der Waals surface area contributed by atoms with Crippen LogP contribution in [0.1, 0.15) is 13.8 Å². The van der Waals surface area contributed by atoms with E-state index in [1.54, 1.807) is 22.7 Å².